The third kappa shape index (κ3) is 5.41. The Labute approximate surface area is 190 Å². The predicted octanol–water partition coefficient (Wildman–Crippen LogP) is 1.80. The fourth-order valence-corrected chi connectivity index (χ4v) is 7.17. The number of benzene rings is 2. The Hall–Kier alpha value is -2.60. The van der Waals surface area contributed by atoms with Crippen LogP contribution in [0.5, 0.6) is 0 Å². The summed E-state index contributed by atoms with van der Waals surface area (Å²) < 4.78 is 52.5. The van der Waals surface area contributed by atoms with Gasteiger partial charge in [-0.2, -0.15) is 4.99 Å². The van der Waals surface area contributed by atoms with E-state index < -0.39 is 31.8 Å². The maximum Gasteiger partial charge on any atom is 0.279 e. The molecule has 1 aliphatic rings. The normalized spacial score (nSPS) is 18.6. The monoisotopic (exact) mass is 491 g/mol. The average molecular weight is 492 g/mol. The van der Waals surface area contributed by atoms with Crippen molar-refractivity contribution in [2.75, 3.05) is 11.5 Å². The molecule has 0 radical (unpaired) electrons. The SMILES string of the molecule is O=C(N=c1sccn1Cc1ccccc1)c1ccc(S(=O)(=O)NC2CCS(=O)(=O)C2)cc1. The third-order valence-corrected chi connectivity index (χ3v) is 9.12. The fraction of sp³-hybridized carbons (Fsp3) is 0.238. The minimum Gasteiger partial charge on any atom is -0.319 e. The Balaban J connectivity index is 1.49. The molecule has 1 N–H and O–H groups in total. The van der Waals surface area contributed by atoms with Crippen LogP contribution >= 0.6 is 11.3 Å². The zero-order valence-electron chi connectivity index (χ0n) is 16.9. The van der Waals surface area contributed by atoms with Gasteiger partial charge in [-0.3, -0.25) is 4.79 Å². The van der Waals surface area contributed by atoms with Crippen molar-refractivity contribution in [1.29, 1.82) is 0 Å². The molecular formula is C21H21N3O5S3. The number of nitrogens with one attached hydrogen (secondary N) is 1. The molecule has 4 rings (SSSR count). The lowest BCUT2D eigenvalue weighted by Gasteiger charge is -2.11. The van der Waals surface area contributed by atoms with E-state index in [1.54, 1.807) is 0 Å². The van der Waals surface area contributed by atoms with Crippen LogP contribution in [-0.4, -0.2) is 44.9 Å². The van der Waals surface area contributed by atoms with Crippen molar-refractivity contribution < 1.29 is 21.6 Å². The van der Waals surface area contributed by atoms with Crippen molar-refractivity contribution in [3.8, 4) is 0 Å². The van der Waals surface area contributed by atoms with E-state index in [-0.39, 0.29) is 28.4 Å². The van der Waals surface area contributed by atoms with Crippen LogP contribution in [0.1, 0.15) is 22.3 Å². The van der Waals surface area contributed by atoms with E-state index in [9.17, 15) is 21.6 Å². The molecule has 168 valence electrons. The molecule has 1 amide bonds. The summed E-state index contributed by atoms with van der Waals surface area (Å²) in [6, 6.07) is 14.6. The van der Waals surface area contributed by atoms with Gasteiger partial charge in [-0.25, -0.2) is 21.6 Å². The van der Waals surface area contributed by atoms with Crippen molar-refractivity contribution in [3.63, 3.8) is 0 Å². The van der Waals surface area contributed by atoms with Crippen LogP contribution in [0.25, 0.3) is 0 Å². The molecule has 11 heteroatoms. The van der Waals surface area contributed by atoms with Crippen LogP contribution in [0.3, 0.4) is 0 Å². The summed E-state index contributed by atoms with van der Waals surface area (Å²) >= 11 is 1.34. The smallest absolute Gasteiger partial charge is 0.279 e. The fourth-order valence-electron chi connectivity index (χ4n) is 3.39. The van der Waals surface area contributed by atoms with Gasteiger partial charge >= 0.3 is 0 Å². The van der Waals surface area contributed by atoms with Crippen LogP contribution in [0.15, 0.2) is 76.1 Å². The Morgan fingerprint density at radius 2 is 1.84 bits per heavy atom. The highest BCUT2D eigenvalue weighted by molar-refractivity contribution is 7.92. The van der Waals surface area contributed by atoms with E-state index in [0.29, 0.717) is 11.3 Å². The second-order valence-electron chi connectivity index (χ2n) is 7.46. The lowest BCUT2D eigenvalue weighted by molar-refractivity contribution is 0.0997. The Morgan fingerprint density at radius 3 is 2.50 bits per heavy atom. The van der Waals surface area contributed by atoms with Crippen LogP contribution in [0.2, 0.25) is 0 Å². The molecule has 32 heavy (non-hydrogen) atoms. The van der Waals surface area contributed by atoms with Crippen molar-refractivity contribution >= 4 is 37.1 Å². The number of nitrogens with zero attached hydrogens (tertiary/aromatic N) is 2. The Bertz CT molecular complexity index is 1390. The molecule has 1 aliphatic heterocycles. The van der Waals surface area contributed by atoms with Gasteiger partial charge in [0.25, 0.3) is 5.91 Å². The van der Waals surface area contributed by atoms with E-state index in [1.165, 1.54) is 35.6 Å². The molecule has 2 heterocycles. The number of carbonyl (C=O) groups excluding carboxylic acids is 1. The minimum absolute atomic E-state index is 0.0257. The zero-order valence-corrected chi connectivity index (χ0v) is 19.4. The summed E-state index contributed by atoms with van der Waals surface area (Å²) in [4.78, 5) is 17.3. The molecule has 1 aromatic heterocycles. The van der Waals surface area contributed by atoms with Crippen molar-refractivity contribution in [3.05, 3.63) is 82.1 Å². The lowest BCUT2D eigenvalue weighted by atomic mass is 10.2. The molecule has 0 saturated carbocycles. The first-order chi connectivity index (χ1) is 15.2. The second-order valence-corrected chi connectivity index (χ2v) is 12.3. The molecule has 2 aromatic carbocycles. The summed E-state index contributed by atoms with van der Waals surface area (Å²) in [5.74, 6) is -0.707. The number of thiazole rings is 1. The molecule has 1 atom stereocenters. The third-order valence-electron chi connectivity index (χ3n) is 5.02. The van der Waals surface area contributed by atoms with Crippen molar-refractivity contribution in [1.82, 2.24) is 9.29 Å². The molecule has 0 spiro atoms. The first kappa shape index (κ1) is 22.6. The van der Waals surface area contributed by atoms with Crippen LogP contribution < -0.4 is 9.52 Å². The van der Waals surface area contributed by atoms with E-state index in [2.05, 4.69) is 9.71 Å². The molecule has 3 aromatic rings. The molecule has 0 aliphatic carbocycles. The average Bonchev–Trinajstić information content (AvgIpc) is 3.33. The summed E-state index contributed by atoms with van der Waals surface area (Å²) in [5, 5.41) is 1.85. The van der Waals surface area contributed by atoms with Gasteiger partial charge < -0.3 is 4.57 Å². The first-order valence-electron chi connectivity index (χ1n) is 9.82. The van der Waals surface area contributed by atoms with Gasteiger partial charge in [0.15, 0.2) is 14.6 Å². The number of hydrogen-bond donors (Lipinski definition) is 1. The molecule has 1 unspecified atom stereocenters. The van der Waals surface area contributed by atoms with E-state index in [0.717, 1.165) is 5.56 Å². The highest BCUT2D eigenvalue weighted by Gasteiger charge is 2.31. The number of sulfonamides is 1. The summed E-state index contributed by atoms with van der Waals surface area (Å²) in [6.07, 6.45) is 2.11. The number of sulfone groups is 1. The molecular weight excluding hydrogens is 470 g/mol. The number of carbonyl (C=O) groups is 1. The zero-order chi connectivity index (χ0) is 22.8. The summed E-state index contributed by atoms with van der Waals surface area (Å²) in [7, 11) is -7.09. The highest BCUT2D eigenvalue weighted by Crippen LogP contribution is 2.17. The number of amides is 1. The maximum absolute atomic E-state index is 12.6. The van der Waals surface area contributed by atoms with Crippen molar-refractivity contribution in [2.45, 2.75) is 23.9 Å². The molecule has 1 fully saturated rings. The van der Waals surface area contributed by atoms with Gasteiger partial charge in [0.2, 0.25) is 10.0 Å². The van der Waals surface area contributed by atoms with Crippen LogP contribution in [0, 0.1) is 0 Å². The molecule has 0 bridgehead atoms. The van der Waals surface area contributed by atoms with E-state index >= 15 is 0 Å². The molecule has 1 saturated heterocycles. The van der Waals surface area contributed by atoms with Crippen LogP contribution in [0.4, 0.5) is 0 Å². The first-order valence-corrected chi connectivity index (χ1v) is 14.0. The maximum atomic E-state index is 12.6. The van der Waals surface area contributed by atoms with Gasteiger partial charge in [-0.05, 0) is 36.2 Å². The van der Waals surface area contributed by atoms with Gasteiger partial charge in [-0.15, -0.1) is 11.3 Å². The van der Waals surface area contributed by atoms with Gasteiger partial charge in [0.05, 0.1) is 16.4 Å². The van der Waals surface area contributed by atoms with E-state index in [4.69, 9.17) is 0 Å². The standard InChI is InChI=1S/C21H21N3O5S3/c25-20(22-21-24(11-12-30-21)14-16-4-2-1-3-5-16)17-6-8-19(9-7-17)32(28,29)23-18-10-13-31(26,27)15-18/h1-9,11-12,18,23H,10,13-15H2. The van der Waals surface area contributed by atoms with Crippen LogP contribution in [-0.2, 0) is 26.4 Å². The summed E-state index contributed by atoms with van der Waals surface area (Å²) in [6.45, 7) is 0.580. The van der Waals surface area contributed by atoms with Crippen molar-refractivity contribution in [2.24, 2.45) is 4.99 Å². The highest BCUT2D eigenvalue weighted by atomic mass is 32.2. The lowest BCUT2D eigenvalue weighted by Crippen LogP contribution is -2.35. The van der Waals surface area contributed by atoms with Gasteiger partial charge in [-0.1, -0.05) is 30.3 Å². The quantitative estimate of drug-likeness (QED) is 0.565. The second kappa shape index (κ2) is 9.10. The minimum atomic E-state index is -3.89. The Morgan fingerprint density at radius 1 is 1.12 bits per heavy atom. The topological polar surface area (TPSA) is 115 Å². The Kier molecular flexibility index (Phi) is 6.42. The number of hydrogen-bond acceptors (Lipinski definition) is 6. The van der Waals surface area contributed by atoms with Gasteiger partial charge in [0.1, 0.15) is 0 Å². The molecule has 8 nitrogen and oxygen atoms in total. The summed E-state index contributed by atoms with van der Waals surface area (Å²) in [5.41, 5.74) is 1.34. The number of rotatable bonds is 6. The van der Waals surface area contributed by atoms with E-state index in [1.807, 2.05) is 46.5 Å². The number of aromatic nitrogens is 1. The largest absolute Gasteiger partial charge is 0.319 e. The van der Waals surface area contributed by atoms with Gasteiger partial charge in [0, 0.05) is 29.7 Å². The predicted molar refractivity (Wildman–Crippen MR) is 122 cm³/mol.